The van der Waals surface area contributed by atoms with Gasteiger partial charge in [-0.1, -0.05) is 17.7 Å². The van der Waals surface area contributed by atoms with E-state index in [0.717, 1.165) is 11.4 Å². The number of carbonyl (C=O) groups excluding carboxylic acids is 1. The van der Waals surface area contributed by atoms with E-state index in [-0.39, 0.29) is 5.91 Å². The van der Waals surface area contributed by atoms with Crippen molar-refractivity contribution in [3.63, 3.8) is 0 Å². The van der Waals surface area contributed by atoms with E-state index >= 15 is 0 Å². The summed E-state index contributed by atoms with van der Waals surface area (Å²) in [4.78, 5) is 22.9. The van der Waals surface area contributed by atoms with Gasteiger partial charge in [0.05, 0.1) is 12.2 Å². The molecule has 1 unspecified atom stereocenters. The first-order valence-corrected chi connectivity index (χ1v) is 7.84. The predicted molar refractivity (Wildman–Crippen MR) is 91.6 cm³/mol. The average Bonchev–Trinajstić information content (AvgIpc) is 3.15. The molecule has 1 atom stereocenters. The number of hydrogen-bond donors (Lipinski definition) is 0. The van der Waals surface area contributed by atoms with Crippen molar-refractivity contribution >= 4 is 23.2 Å². The van der Waals surface area contributed by atoms with Gasteiger partial charge < -0.3 is 4.90 Å². The first-order valence-electron chi connectivity index (χ1n) is 7.46. The second kappa shape index (κ2) is 7.23. The lowest BCUT2D eigenvalue weighted by Gasteiger charge is -2.25. The number of amides is 1. The van der Waals surface area contributed by atoms with Gasteiger partial charge in [-0.25, -0.2) is 9.67 Å². The molecule has 2 aromatic heterocycles. The van der Waals surface area contributed by atoms with Crippen LogP contribution in [0.2, 0.25) is 5.02 Å². The third kappa shape index (κ3) is 3.60. The minimum Gasteiger partial charge on any atom is -0.305 e. The lowest BCUT2D eigenvalue weighted by Crippen LogP contribution is -2.36. The van der Waals surface area contributed by atoms with Gasteiger partial charge in [-0.2, -0.15) is 5.10 Å². The molecule has 0 aliphatic carbocycles. The molecule has 1 amide bonds. The van der Waals surface area contributed by atoms with Gasteiger partial charge in [0.15, 0.2) is 0 Å². The molecule has 0 spiro atoms. The van der Waals surface area contributed by atoms with E-state index in [9.17, 15) is 4.79 Å². The Morgan fingerprint density at radius 2 is 2.04 bits per heavy atom. The Hall–Kier alpha value is -2.73. The van der Waals surface area contributed by atoms with E-state index in [0.29, 0.717) is 11.6 Å². The molecule has 3 rings (SSSR count). The minimum atomic E-state index is -0.480. The maximum atomic E-state index is 13.0. The highest BCUT2D eigenvalue weighted by molar-refractivity contribution is 6.30. The lowest BCUT2D eigenvalue weighted by atomic mass is 10.2. The van der Waals surface area contributed by atoms with Crippen LogP contribution in [0.3, 0.4) is 0 Å². The van der Waals surface area contributed by atoms with Crippen molar-refractivity contribution in [1.29, 1.82) is 0 Å². The highest BCUT2D eigenvalue weighted by Crippen LogP contribution is 2.23. The number of anilines is 1. The Kier molecular flexibility index (Phi) is 4.86. The van der Waals surface area contributed by atoms with Gasteiger partial charge in [-0.05, 0) is 43.3 Å². The molecule has 0 saturated heterocycles. The number of hydrogen-bond acceptors (Lipinski definition) is 4. The van der Waals surface area contributed by atoms with Crippen LogP contribution in [0, 0.1) is 0 Å². The van der Waals surface area contributed by atoms with Crippen molar-refractivity contribution < 1.29 is 4.79 Å². The summed E-state index contributed by atoms with van der Waals surface area (Å²) in [5.41, 5.74) is 1.55. The molecule has 0 saturated carbocycles. The van der Waals surface area contributed by atoms with E-state index in [1.54, 1.807) is 30.2 Å². The van der Waals surface area contributed by atoms with E-state index in [4.69, 9.17) is 11.6 Å². The standard InChI is InChI=1S/C17H16ClN5O/c1-13(23-12-19-11-21-23)17(24)22(10-15-4-2-3-9-20-15)16-7-5-14(18)6-8-16/h2-9,11-13H,10H2,1H3. The molecule has 7 heteroatoms. The summed E-state index contributed by atoms with van der Waals surface area (Å²) < 4.78 is 1.53. The summed E-state index contributed by atoms with van der Waals surface area (Å²) in [6.07, 6.45) is 4.65. The molecule has 0 aliphatic rings. The molecular weight excluding hydrogens is 326 g/mol. The Balaban J connectivity index is 1.91. The quantitative estimate of drug-likeness (QED) is 0.715. The summed E-state index contributed by atoms with van der Waals surface area (Å²) in [5, 5.41) is 4.67. The molecule has 0 N–H and O–H groups in total. The number of pyridine rings is 1. The molecule has 6 nitrogen and oxygen atoms in total. The third-order valence-corrected chi connectivity index (χ3v) is 3.89. The Labute approximate surface area is 144 Å². The number of benzene rings is 1. The molecule has 0 fully saturated rings. The Bertz CT molecular complexity index is 790. The summed E-state index contributed by atoms with van der Waals surface area (Å²) in [7, 11) is 0. The average molecular weight is 342 g/mol. The molecule has 122 valence electrons. The van der Waals surface area contributed by atoms with Gasteiger partial charge in [-0.3, -0.25) is 9.78 Å². The maximum absolute atomic E-state index is 13.0. The van der Waals surface area contributed by atoms with Crippen LogP contribution in [0.1, 0.15) is 18.7 Å². The topological polar surface area (TPSA) is 63.9 Å². The summed E-state index contributed by atoms with van der Waals surface area (Å²) in [5.74, 6) is -0.103. The van der Waals surface area contributed by atoms with Crippen molar-refractivity contribution in [2.75, 3.05) is 4.90 Å². The van der Waals surface area contributed by atoms with Crippen LogP contribution >= 0.6 is 11.6 Å². The Morgan fingerprint density at radius 3 is 2.67 bits per heavy atom. The summed E-state index contributed by atoms with van der Waals surface area (Å²) >= 11 is 5.96. The molecule has 0 bridgehead atoms. The highest BCUT2D eigenvalue weighted by atomic mass is 35.5. The SMILES string of the molecule is CC(C(=O)N(Cc1ccccn1)c1ccc(Cl)cc1)n1cncn1. The zero-order valence-corrected chi connectivity index (χ0v) is 13.8. The number of nitrogens with zero attached hydrogens (tertiary/aromatic N) is 5. The molecule has 24 heavy (non-hydrogen) atoms. The normalized spacial score (nSPS) is 11.9. The molecule has 2 heterocycles. The Morgan fingerprint density at radius 1 is 1.25 bits per heavy atom. The van der Waals surface area contributed by atoms with Crippen LogP contribution < -0.4 is 4.90 Å². The fraction of sp³-hybridized carbons (Fsp3) is 0.176. The van der Waals surface area contributed by atoms with Crippen LogP contribution in [0.4, 0.5) is 5.69 Å². The molecular formula is C17H16ClN5O. The smallest absolute Gasteiger partial charge is 0.251 e. The van der Waals surface area contributed by atoms with Gasteiger partial charge in [0.2, 0.25) is 0 Å². The van der Waals surface area contributed by atoms with Crippen molar-refractivity contribution in [3.05, 3.63) is 72.0 Å². The van der Waals surface area contributed by atoms with Crippen LogP contribution in [-0.4, -0.2) is 25.7 Å². The molecule has 0 aliphatic heterocycles. The zero-order chi connectivity index (χ0) is 16.9. The highest BCUT2D eigenvalue weighted by Gasteiger charge is 2.24. The van der Waals surface area contributed by atoms with Crippen molar-refractivity contribution in [1.82, 2.24) is 19.7 Å². The monoisotopic (exact) mass is 341 g/mol. The number of rotatable bonds is 5. The third-order valence-electron chi connectivity index (χ3n) is 3.64. The maximum Gasteiger partial charge on any atom is 0.251 e. The number of halogens is 1. The van der Waals surface area contributed by atoms with Gasteiger partial charge >= 0.3 is 0 Å². The molecule has 3 aromatic rings. The van der Waals surface area contributed by atoms with Gasteiger partial charge in [0.25, 0.3) is 5.91 Å². The summed E-state index contributed by atoms with van der Waals surface area (Å²) in [6.45, 7) is 2.15. The number of carbonyl (C=O) groups is 1. The first kappa shape index (κ1) is 16.1. The predicted octanol–water partition coefficient (Wildman–Crippen LogP) is 3.12. The lowest BCUT2D eigenvalue weighted by molar-refractivity contribution is -0.121. The van der Waals surface area contributed by atoms with Gasteiger partial charge in [0, 0.05) is 16.9 Å². The first-order chi connectivity index (χ1) is 11.6. The molecule has 1 aromatic carbocycles. The van der Waals surface area contributed by atoms with Crippen molar-refractivity contribution in [2.45, 2.75) is 19.5 Å². The van der Waals surface area contributed by atoms with E-state index in [1.807, 2.05) is 30.3 Å². The van der Waals surface area contributed by atoms with E-state index in [2.05, 4.69) is 15.1 Å². The number of aromatic nitrogens is 4. The van der Waals surface area contributed by atoms with Crippen molar-refractivity contribution in [3.8, 4) is 0 Å². The fourth-order valence-electron chi connectivity index (χ4n) is 2.33. The van der Waals surface area contributed by atoms with Crippen LogP contribution in [0.15, 0.2) is 61.3 Å². The van der Waals surface area contributed by atoms with Crippen LogP contribution in [0.25, 0.3) is 0 Å². The van der Waals surface area contributed by atoms with Crippen LogP contribution in [-0.2, 0) is 11.3 Å². The van der Waals surface area contributed by atoms with E-state index < -0.39 is 6.04 Å². The van der Waals surface area contributed by atoms with E-state index in [1.165, 1.54) is 17.3 Å². The largest absolute Gasteiger partial charge is 0.305 e. The van der Waals surface area contributed by atoms with Crippen molar-refractivity contribution in [2.24, 2.45) is 0 Å². The summed E-state index contributed by atoms with van der Waals surface area (Å²) in [6, 6.07) is 12.3. The van der Waals surface area contributed by atoms with Gasteiger partial charge in [0.1, 0.15) is 18.7 Å². The van der Waals surface area contributed by atoms with Crippen LogP contribution in [0.5, 0.6) is 0 Å². The second-order valence-electron chi connectivity index (χ2n) is 5.27. The zero-order valence-electron chi connectivity index (χ0n) is 13.1. The minimum absolute atomic E-state index is 0.103. The second-order valence-corrected chi connectivity index (χ2v) is 5.71. The molecule has 0 radical (unpaired) electrons. The van der Waals surface area contributed by atoms with Gasteiger partial charge in [-0.15, -0.1) is 0 Å². The fourth-order valence-corrected chi connectivity index (χ4v) is 2.45.